The van der Waals surface area contributed by atoms with Crippen LogP contribution in [0.3, 0.4) is 0 Å². The highest BCUT2D eigenvalue weighted by atomic mass is 32.1. The van der Waals surface area contributed by atoms with E-state index in [1.54, 1.807) is 11.3 Å². The third-order valence-electron chi connectivity index (χ3n) is 2.85. The van der Waals surface area contributed by atoms with Gasteiger partial charge in [-0.05, 0) is 32.7 Å². The quantitative estimate of drug-likeness (QED) is 0.848. The first-order valence-corrected chi connectivity index (χ1v) is 6.29. The van der Waals surface area contributed by atoms with E-state index in [0.29, 0.717) is 5.92 Å². The third kappa shape index (κ3) is 3.00. The Morgan fingerprint density at radius 2 is 2.33 bits per heavy atom. The predicted octanol–water partition coefficient (Wildman–Crippen LogP) is 1.65. The minimum atomic E-state index is -0.0366. The summed E-state index contributed by atoms with van der Waals surface area (Å²) in [4.78, 5) is 6.74. The molecule has 15 heavy (non-hydrogen) atoms. The minimum absolute atomic E-state index is 0.0366. The smallest absolute Gasteiger partial charge is 0.107 e. The van der Waals surface area contributed by atoms with Gasteiger partial charge in [-0.2, -0.15) is 0 Å². The van der Waals surface area contributed by atoms with Crippen molar-refractivity contribution in [1.82, 2.24) is 9.88 Å². The van der Waals surface area contributed by atoms with E-state index in [2.05, 4.69) is 22.3 Å². The van der Waals surface area contributed by atoms with Gasteiger partial charge in [0.1, 0.15) is 5.01 Å². The van der Waals surface area contributed by atoms with Gasteiger partial charge in [-0.25, -0.2) is 4.98 Å². The molecule has 0 saturated heterocycles. The topological polar surface area (TPSA) is 36.4 Å². The highest BCUT2D eigenvalue weighted by Crippen LogP contribution is 2.28. The molecule has 1 aromatic heterocycles. The first kappa shape index (κ1) is 11.0. The van der Waals surface area contributed by atoms with Crippen LogP contribution in [-0.4, -0.2) is 34.7 Å². The van der Waals surface area contributed by atoms with Crippen LogP contribution in [0.1, 0.15) is 23.5 Å². The van der Waals surface area contributed by atoms with Crippen LogP contribution in [0, 0.1) is 12.8 Å². The van der Waals surface area contributed by atoms with E-state index in [1.807, 2.05) is 6.92 Å². The lowest BCUT2D eigenvalue weighted by Gasteiger charge is -2.34. The molecule has 0 spiro atoms. The summed E-state index contributed by atoms with van der Waals surface area (Å²) in [5, 5.41) is 12.5. The number of aliphatic hydroxyl groups is 1. The molecule has 1 aromatic rings. The lowest BCUT2D eigenvalue weighted by Crippen LogP contribution is -2.36. The molecule has 0 amide bonds. The normalized spacial score (nSPS) is 25.6. The SMILES string of the molecule is Cc1csc(CN(C)CC2CC(O)C2)n1. The Morgan fingerprint density at radius 3 is 2.87 bits per heavy atom. The number of thiazole rings is 1. The van der Waals surface area contributed by atoms with Crippen molar-refractivity contribution >= 4 is 11.3 Å². The highest BCUT2D eigenvalue weighted by Gasteiger charge is 2.27. The summed E-state index contributed by atoms with van der Waals surface area (Å²) >= 11 is 1.73. The summed E-state index contributed by atoms with van der Waals surface area (Å²) in [6, 6.07) is 0. The van der Waals surface area contributed by atoms with Gasteiger partial charge in [0.2, 0.25) is 0 Å². The van der Waals surface area contributed by atoms with Gasteiger partial charge in [-0.3, -0.25) is 4.90 Å². The molecule has 0 aromatic carbocycles. The number of nitrogens with zero attached hydrogens (tertiary/aromatic N) is 2. The van der Waals surface area contributed by atoms with E-state index in [9.17, 15) is 5.11 Å². The summed E-state index contributed by atoms with van der Waals surface area (Å²) in [5.74, 6) is 0.686. The largest absolute Gasteiger partial charge is 0.393 e. The summed E-state index contributed by atoms with van der Waals surface area (Å²) < 4.78 is 0. The Bertz CT molecular complexity index is 320. The molecule has 0 unspecified atom stereocenters. The molecule has 1 saturated carbocycles. The molecular formula is C11H18N2OS. The molecule has 84 valence electrons. The van der Waals surface area contributed by atoms with Gasteiger partial charge in [-0.15, -0.1) is 11.3 Å². The standard InChI is InChI=1S/C11H18N2OS/c1-8-7-15-11(12-8)6-13(2)5-9-3-10(14)4-9/h7,9-10,14H,3-6H2,1-2H3. The molecule has 2 rings (SSSR count). The van der Waals surface area contributed by atoms with E-state index in [1.165, 1.54) is 5.01 Å². The van der Waals surface area contributed by atoms with Crippen LogP contribution in [-0.2, 0) is 6.54 Å². The summed E-state index contributed by atoms with van der Waals surface area (Å²) in [7, 11) is 2.13. The fourth-order valence-electron chi connectivity index (χ4n) is 2.06. The zero-order chi connectivity index (χ0) is 10.8. The molecule has 0 radical (unpaired) electrons. The molecule has 1 aliphatic carbocycles. The van der Waals surface area contributed by atoms with Gasteiger partial charge < -0.3 is 5.11 Å². The molecule has 0 atom stereocenters. The van der Waals surface area contributed by atoms with Crippen molar-refractivity contribution < 1.29 is 5.11 Å². The third-order valence-corrected chi connectivity index (χ3v) is 3.80. The zero-order valence-corrected chi connectivity index (χ0v) is 10.1. The first-order chi connectivity index (χ1) is 7.13. The molecule has 0 aliphatic heterocycles. The summed E-state index contributed by atoms with van der Waals surface area (Å²) in [6.07, 6.45) is 1.91. The number of aromatic nitrogens is 1. The Balaban J connectivity index is 1.75. The Kier molecular flexibility index (Phi) is 3.38. The van der Waals surface area contributed by atoms with E-state index < -0.39 is 0 Å². The fraction of sp³-hybridized carbons (Fsp3) is 0.727. The van der Waals surface area contributed by atoms with Crippen molar-refractivity contribution in [2.45, 2.75) is 32.4 Å². The number of hydrogen-bond acceptors (Lipinski definition) is 4. The van der Waals surface area contributed by atoms with Gasteiger partial charge in [0.15, 0.2) is 0 Å². The van der Waals surface area contributed by atoms with Gasteiger partial charge in [0, 0.05) is 17.6 Å². The molecular weight excluding hydrogens is 208 g/mol. The zero-order valence-electron chi connectivity index (χ0n) is 9.31. The second-order valence-electron chi connectivity index (χ2n) is 4.57. The first-order valence-electron chi connectivity index (χ1n) is 5.41. The maximum absolute atomic E-state index is 9.20. The molecule has 4 heteroatoms. The maximum atomic E-state index is 9.20. The Morgan fingerprint density at radius 1 is 1.60 bits per heavy atom. The van der Waals surface area contributed by atoms with E-state index in [4.69, 9.17) is 0 Å². The van der Waals surface area contributed by atoms with E-state index in [-0.39, 0.29) is 6.10 Å². The number of rotatable bonds is 4. The fourth-order valence-corrected chi connectivity index (χ4v) is 2.91. The Hall–Kier alpha value is -0.450. The van der Waals surface area contributed by atoms with Crippen molar-refractivity contribution in [2.75, 3.05) is 13.6 Å². The summed E-state index contributed by atoms with van der Waals surface area (Å²) in [6.45, 7) is 4.04. The van der Waals surface area contributed by atoms with Gasteiger partial charge in [-0.1, -0.05) is 0 Å². The van der Waals surface area contributed by atoms with Gasteiger partial charge in [0.25, 0.3) is 0 Å². The monoisotopic (exact) mass is 226 g/mol. The lowest BCUT2D eigenvalue weighted by molar-refractivity contribution is 0.0274. The van der Waals surface area contributed by atoms with Crippen molar-refractivity contribution in [3.63, 3.8) is 0 Å². The van der Waals surface area contributed by atoms with Crippen LogP contribution in [0.15, 0.2) is 5.38 Å². The van der Waals surface area contributed by atoms with Crippen LogP contribution in [0.25, 0.3) is 0 Å². The molecule has 1 N–H and O–H groups in total. The molecule has 0 bridgehead atoms. The van der Waals surface area contributed by atoms with Crippen molar-refractivity contribution in [3.05, 3.63) is 16.1 Å². The molecule has 1 heterocycles. The summed E-state index contributed by atoms with van der Waals surface area (Å²) in [5.41, 5.74) is 1.11. The second kappa shape index (κ2) is 4.60. The highest BCUT2D eigenvalue weighted by molar-refractivity contribution is 7.09. The van der Waals surface area contributed by atoms with Crippen LogP contribution >= 0.6 is 11.3 Å². The van der Waals surface area contributed by atoms with Gasteiger partial charge in [0.05, 0.1) is 12.6 Å². The van der Waals surface area contributed by atoms with E-state index >= 15 is 0 Å². The molecule has 1 fully saturated rings. The van der Waals surface area contributed by atoms with E-state index in [0.717, 1.165) is 31.6 Å². The number of aryl methyl sites for hydroxylation is 1. The molecule has 1 aliphatic rings. The van der Waals surface area contributed by atoms with Crippen LogP contribution in [0.5, 0.6) is 0 Å². The number of hydrogen-bond donors (Lipinski definition) is 1. The van der Waals surface area contributed by atoms with Crippen molar-refractivity contribution in [1.29, 1.82) is 0 Å². The average Bonchev–Trinajstić information content (AvgIpc) is 2.48. The van der Waals surface area contributed by atoms with Crippen LogP contribution in [0.2, 0.25) is 0 Å². The van der Waals surface area contributed by atoms with Gasteiger partial charge >= 0.3 is 0 Å². The van der Waals surface area contributed by atoms with Crippen molar-refractivity contribution in [2.24, 2.45) is 5.92 Å². The minimum Gasteiger partial charge on any atom is -0.393 e. The average molecular weight is 226 g/mol. The van der Waals surface area contributed by atoms with Crippen LogP contribution in [0.4, 0.5) is 0 Å². The Labute approximate surface area is 94.8 Å². The molecule has 3 nitrogen and oxygen atoms in total. The van der Waals surface area contributed by atoms with Crippen molar-refractivity contribution in [3.8, 4) is 0 Å². The second-order valence-corrected chi connectivity index (χ2v) is 5.51. The predicted molar refractivity (Wildman–Crippen MR) is 61.9 cm³/mol. The number of aliphatic hydroxyl groups excluding tert-OH is 1. The van der Waals surface area contributed by atoms with Crippen LogP contribution < -0.4 is 0 Å². The lowest BCUT2D eigenvalue weighted by atomic mass is 9.82. The maximum Gasteiger partial charge on any atom is 0.107 e.